The minimum absolute atomic E-state index is 0.0438. The molecule has 5 rings (SSSR count). The molecule has 2 aliphatic carbocycles. The van der Waals surface area contributed by atoms with E-state index in [0.717, 1.165) is 31.2 Å². The Balaban J connectivity index is 1.81. The van der Waals surface area contributed by atoms with Gasteiger partial charge in [-0.2, -0.15) is 0 Å². The van der Waals surface area contributed by atoms with E-state index in [1.807, 2.05) is 6.07 Å². The van der Waals surface area contributed by atoms with Gasteiger partial charge in [-0.15, -0.1) is 0 Å². The van der Waals surface area contributed by atoms with Crippen molar-refractivity contribution in [2.75, 3.05) is 5.32 Å². The van der Waals surface area contributed by atoms with E-state index in [4.69, 9.17) is 23.2 Å². The van der Waals surface area contributed by atoms with E-state index in [-0.39, 0.29) is 16.6 Å². The third-order valence-corrected chi connectivity index (χ3v) is 8.59. The van der Waals surface area contributed by atoms with Crippen LogP contribution >= 0.6 is 23.2 Å². The van der Waals surface area contributed by atoms with Gasteiger partial charge in [0.15, 0.2) is 0 Å². The lowest BCUT2D eigenvalue weighted by Crippen LogP contribution is -2.52. The van der Waals surface area contributed by atoms with Gasteiger partial charge in [-0.3, -0.25) is 9.59 Å². The second-order valence-corrected chi connectivity index (χ2v) is 11.0. The number of rotatable bonds is 2. The number of nitrogens with zero attached hydrogens (tertiary/aromatic N) is 2. The third-order valence-electron chi connectivity index (χ3n) is 8.17. The number of carboxylic acids is 1. The van der Waals surface area contributed by atoms with Crippen LogP contribution in [0.2, 0.25) is 10.3 Å². The Morgan fingerprint density at radius 3 is 2.53 bits per heavy atom. The van der Waals surface area contributed by atoms with Crippen molar-refractivity contribution >= 4 is 40.8 Å². The number of halogens is 2. The molecule has 1 aromatic heterocycles. The zero-order valence-corrected chi connectivity index (χ0v) is 19.5. The van der Waals surface area contributed by atoms with Gasteiger partial charge >= 0.3 is 5.97 Å². The third kappa shape index (κ3) is 2.92. The first-order valence-corrected chi connectivity index (χ1v) is 11.7. The van der Waals surface area contributed by atoms with Crippen molar-refractivity contribution in [3.05, 3.63) is 52.0 Å². The second-order valence-electron chi connectivity index (χ2n) is 10.3. The van der Waals surface area contributed by atoms with E-state index in [1.54, 1.807) is 18.2 Å². The van der Waals surface area contributed by atoms with Gasteiger partial charge in [0.25, 0.3) is 0 Å². The average Bonchev–Trinajstić information content (AvgIpc) is 3.18. The highest BCUT2D eigenvalue weighted by atomic mass is 35.5. The molecule has 1 unspecified atom stereocenters. The van der Waals surface area contributed by atoms with Crippen molar-refractivity contribution < 1.29 is 14.7 Å². The quantitative estimate of drug-likeness (QED) is 0.565. The van der Waals surface area contributed by atoms with Crippen LogP contribution in [0, 0.1) is 16.7 Å². The Hall–Kier alpha value is -2.18. The number of hydrogen-bond donors (Lipinski definition) is 2. The summed E-state index contributed by atoms with van der Waals surface area (Å²) in [5.74, 6) is -2.52. The van der Waals surface area contributed by atoms with Crippen molar-refractivity contribution in [2.24, 2.45) is 16.7 Å². The van der Waals surface area contributed by atoms with Crippen LogP contribution in [0.1, 0.15) is 63.1 Å². The zero-order chi connectivity index (χ0) is 22.9. The molecule has 2 heterocycles. The number of anilines is 1. The summed E-state index contributed by atoms with van der Waals surface area (Å²) >= 11 is 12.4. The van der Waals surface area contributed by atoms with Crippen LogP contribution < -0.4 is 5.32 Å². The van der Waals surface area contributed by atoms with E-state index in [2.05, 4.69) is 29.1 Å². The molecule has 0 saturated heterocycles. The number of aliphatic carboxylic acids is 1. The molecule has 1 amide bonds. The van der Waals surface area contributed by atoms with Crippen molar-refractivity contribution in [2.45, 2.75) is 57.3 Å². The molecule has 32 heavy (non-hydrogen) atoms. The van der Waals surface area contributed by atoms with Gasteiger partial charge in [-0.1, -0.05) is 31.5 Å². The number of nitrogens with one attached hydrogen (secondary N) is 1. The highest BCUT2D eigenvalue weighted by Gasteiger charge is 2.72. The molecule has 2 N–H and O–H groups in total. The van der Waals surface area contributed by atoms with E-state index in [0.29, 0.717) is 22.8 Å². The normalized spacial score (nSPS) is 29.8. The first-order valence-electron chi connectivity index (χ1n) is 10.9. The first-order chi connectivity index (χ1) is 15.1. The van der Waals surface area contributed by atoms with Crippen LogP contribution in [-0.4, -0.2) is 27.0 Å². The largest absolute Gasteiger partial charge is 0.481 e. The maximum absolute atomic E-state index is 14.0. The molecule has 2 saturated carbocycles. The van der Waals surface area contributed by atoms with Crippen LogP contribution in [0.3, 0.4) is 0 Å². The molecular formula is C24H25Cl2N3O3. The Morgan fingerprint density at radius 2 is 1.88 bits per heavy atom. The Morgan fingerprint density at radius 1 is 1.16 bits per heavy atom. The summed E-state index contributed by atoms with van der Waals surface area (Å²) in [6.07, 6.45) is 5.34. The lowest BCUT2D eigenvalue weighted by atomic mass is 9.51. The van der Waals surface area contributed by atoms with E-state index in [1.165, 1.54) is 6.20 Å². The van der Waals surface area contributed by atoms with E-state index in [9.17, 15) is 14.7 Å². The number of benzene rings is 1. The zero-order valence-electron chi connectivity index (χ0n) is 18.0. The Kier molecular flexibility index (Phi) is 4.84. The fourth-order valence-electron chi connectivity index (χ4n) is 6.66. The molecule has 2 spiro atoms. The molecule has 1 aliphatic heterocycles. The number of hydrogen-bond acceptors (Lipinski definition) is 4. The SMILES string of the molecule is CC1(C)CCC2(CC1)C[C@@H](C(=O)O)[C@H](c1ccnc(Cl)n1)C21C(=O)Nc2cc(Cl)ccc21. The molecule has 168 valence electrons. The van der Waals surface area contributed by atoms with Crippen LogP contribution in [0.4, 0.5) is 5.69 Å². The van der Waals surface area contributed by atoms with Crippen molar-refractivity contribution in [3.8, 4) is 0 Å². The average molecular weight is 474 g/mol. The highest BCUT2D eigenvalue weighted by Crippen LogP contribution is 2.71. The molecule has 8 heteroatoms. The lowest BCUT2D eigenvalue weighted by molar-refractivity contribution is -0.142. The maximum atomic E-state index is 14.0. The second kappa shape index (κ2) is 7.16. The molecule has 3 atom stereocenters. The van der Waals surface area contributed by atoms with Gasteiger partial charge in [-0.05, 0) is 78.3 Å². The summed E-state index contributed by atoms with van der Waals surface area (Å²) < 4.78 is 0. The highest BCUT2D eigenvalue weighted by molar-refractivity contribution is 6.31. The number of aromatic nitrogens is 2. The minimum Gasteiger partial charge on any atom is -0.481 e. The summed E-state index contributed by atoms with van der Waals surface area (Å²) in [4.78, 5) is 35.0. The topological polar surface area (TPSA) is 92.2 Å². The smallest absolute Gasteiger partial charge is 0.307 e. The van der Waals surface area contributed by atoms with Gasteiger partial charge in [0, 0.05) is 22.8 Å². The Bertz CT molecular complexity index is 1130. The predicted molar refractivity (Wildman–Crippen MR) is 122 cm³/mol. The van der Waals surface area contributed by atoms with Crippen molar-refractivity contribution in [1.29, 1.82) is 0 Å². The van der Waals surface area contributed by atoms with E-state index >= 15 is 0 Å². The minimum atomic E-state index is -1.07. The van der Waals surface area contributed by atoms with Crippen molar-refractivity contribution in [1.82, 2.24) is 9.97 Å². The molecule has 0 radical (unpaired) electrons. The van der Waals surface area contributed by atoms with Gasteiger partial charge in [-0.25, -0.2) is 9.97 Å². The van der Waals surface area contributed by atoms with E-state index < -0.39 is 28.6 Å². The van der Waals surface area contributed by atoms with Crippen LogP contribution in [0.25, 0.3) is 0 Å². The number of fused-ring (bicyclic) bond motifs is 3. The summed E-state index contributed by atoms with van der Waals surface area (Å²) in [6.45, 7) is 4.47. The predicted octanol–water partition coefficient (Wildman–Crippen LogP) is 5.45. The maximum Gasteiger partial charge on any atom is 0.307 e. The summed E-state index contributed by atoms with van der Waals surface area (Å²) in [5, 5.41) is 13.9. The number of carboxylic acid groups (broad SMARTS) is 1. The summed E-state index contributed by atoms with van der Waals surface area (Å²) in [5.41, 5.74) is 0.551. The number of carbonyl (C=O) groups excluding carboxylic acids is 1. The van der Waals surface area contributed by atoms with Gasteiger partial charge in [0.05, 0.1) is 17.0 Å². The molecule has 0 bridgehead atoms. The van der Waals surface area contributed by atoms with Gasteiger partial charge in [0.1, 0.15) is 0 Å². The van der Waals surface area contributed by atoms with Crippen LogP contribution in [-0.2, 0) is 15.0 Å². The standard InChI is InChI=1S/C24H25Cl2N3O3/c1-22(2)6-8-23(9-7-22)12-14(19(30)31)18(16-5-10-27-21(26)29-16)24(23)15-4-3-13(25)11-17(15)28-20(24)32/h3-5,10-11,14,18H,6-9,12H2,1-2H3,(H,28,32)(H,30,31)/t14-,18-,24?/m1/s1. The van der Waals surface area contributed by atoms with Crippen LogP contribution in [0.5, 0.6) is 0 Å². The summed E-state index contributed by atoms with van der Waals surface area (Å²) in [7, 11) is 0. The van der Waals surface area contributed by atoms with Crippen molar-refractivity contribution in [3.63, 3.8) is 0 Å². The number of carbonyl (C=O) groups is 2. The van der Waals surface area contributed by atoms with Gasteiger partial charge in [0.2, 0.25) is 11.2 Å². The fraction of sp³-hybridized carbons (Fsp3) is 0.500. The van der Waals surface area contributed by atoms with Crippen LogP contribution in [0.15, 0.2) is 30.5 Å². The molecule has 2 aromatic rings. The summed E-state index contributed by atoms with van der Waals surface area (Å²) in [6, 6.07) is 7.11. The molecule has 6 nitrogen and oxygen atoms in total. The molecular weight excluding hydrogens is 449 g/mol. The molecule has 2 fully saturated rings. The Labute approximate surface area is 196 Å². The molecule has 3 aliphatic rings. The first kappa shape index (κ1) is 21.7. The lowest BCUT2D eigenvalue weighted by Gasteiger charge is -2.50. The van der Waals surface area contributed by atoms with Gasteiger partial charge < -0.3 is 10.4 Å². The fourth-order valence-corrected chi connectivity index (χ4v) is 6.98. The molecule has 1 aromatic carbocycles. The number of amides is 1. The monoisotopic (exact) mass is 473 g/mol.